The highest BCUT2D eigenvalue weighted by Crippen LogP contribution is 2.26. The number of rotatable bonds is 8. The van der Waals surface area contributed by atoms with Crippen molar-refractivity contribution in [1.29, 1.82) is 0 Å². The lowest BCUT2D eigenvalue weighted by Gasteiger charge is -2.20. The average molecular weight is 296 g/mol. The molecule has 0 saturated carbocycles. The van der Waals surface area contributed by atoms with Crippen molar-refractivity contribution >= 4 is 16.5 Å². The predicted octanol–water partition coefficient (Wildman–Crippen LogP) is 2.35. The van der Waals surface area contributed by atoms with E-state index in [4.69, 9.17) is 4.98 Å². The van der Waals surface area contributed by atoms with Gasteiger partial charge in [-0.15, -0.1) is 11.3 Å². The van der Waals surface area contributed by atoms with E-state index >= 15 is 0 Å². The number of aryl methyl sites for hydroxylation is 1. The molecule has 2 rings (SSSR count). The van der Waals surface area contributed by atoms with Gasteiger partial charge in [-0.3, -0.25) is 0 Å². The smallest absolute Gasteiger partial charge is 0.185 e. The first-order valence-electron chi connectivity index (χ1n) is 7.81. The topological polar surface area (TPSA) is 31.4 Å². The first-order valence-corrected chi connectivity index (χ1v) is 8.63. The van der Waals surface area contributed by atoms with Gasteiger partial charge in [-0.25, -0.2) is 4.98 Å². The highest BCUT2D eigenvalue weighted by atomic mass is 32.1. The van der Waals surface area contributed by atoms with Crippen molar-refractivity contribution in [2.45, 2.75) is 39.2 Å². The minimum Gasteiger partial charge on any atom is -0.350 e. The van der Waals surface area contributed by atoms with Gasteiger partial charge in [0.2, 0.25) is 0 Å². The lowest BCUT2D eigenvalue weighted by atomic mass is 10.2. The van der Waals surface area contributed by atoms with Crippen molar-refractivity contribution in [3.05, 3.63) is 10.6 Å². The second kappa shape index (κ2) is 7.96. The summed E-state index contributed by atoms with van der Waals surface area (Å²) in [5.41, 5.74) is 1.29. The summed E-state index contributed by atoms with van der Waals surface area (Å²) in [5, 5.41) is 4.43. The van der Waals surface area contributed by atoms with Crippen LogP contribution in [-0.4, -0.2) is 50.2 Å². The van der Waals surface area contributed by atoms with Crippen LogP contribution in [0.2, 0.25) is 0 Å². The monoisotopic (exact) mass is 296 g/mol. The van der Waals surface area contributed by atoms with Crippen LogP contribution in [0.1, 0.15) is 36.8 Å². The second-order valence-electron chi connectivity index (χ2n) is 5.62. The molecule has 0 unspecified atom stereocenters. The number of hydrogen-bond donors (Lipinski definition) is 1. The van der Waals surface area contributed by atoms with Crippen molar-refractivity contribution in [3.63, 3.8) is 0 Å². The number of nitrogens with zero attached hydrogens (tertiary/aromatic N) is 3. The highest BCUT2D eigenvalue weighted by molar-refractivity contribution is 7.15. The van der Waals surface area contributed by atoms with E-state index in [0.29, 0.717) is 0 Å². The highest BCUT2D eigenvalue weighted by Gasteiger charge is 2.15. The third kappa shape index (κ3) is 4.17. The molecule has 5 heteroatoms. The zero-order valence-electron chi connectivity index (χ0n) is 13.1. The Bertz CT molecular complexity index is 375. The molecule has 0 aliphatic carbocycles. The number of anilines is 1. The van der Waals surface area contributed by atoms with Crippen LogP contribution < -0.4 is 10.2 Å². The normalized spacial score (nSPS) is 15.9. The second-order valence-corrected chi connectivity index (χ2v) is 6.68. The minimum atomic E-state index is 0.937. The summed E-state index contributed by atoms with van der Waals surface area (Å²) in [4.78, 5) is 11.1. The predicted molar refractivity (Wildman–Crippen MR) is 87.8 cm³/mol. The largest absolute Gasteiger partial charge is 0.350 e. The SMILES string of the molecule is CCCc1nc(N(C)CCN2CCCC2)sc1CNC. The van der Waals surface area contributed by atoms with Gasteiger partial charge in [-0.05, 0) is 39.4 Å². The molecule has 1 fully saturated rings. The summed E-state index contributed by atoms with van der Waals surface area (Å²) in [6, 6.07) is 0. The molecule has 4 nitrogen and oxygen atoms in total. The van der Waals surface area contributed by atoms with Gasteiger partial charge in [0.05, 0.1) is 5.69 Å². The average Bonchev–Trinajstić information content (AvgIpc) is 3.07. The van der Waals surface area contributed by atoms with Gasteiger partial charge in [0.1, 0.15) is 0 Å². The minimum absolute atomic E-state index is 0.937. The van der Waals surface area contributed by atoms with E-state index in [2.05, 4.69) is 29.1 Å². The van der Waals surface area contributed by atoms with Gasteiger partial charge in [-0.2, -0.15) is 0 Å². The van der Waals surface area contributed by atoms with Gasteiger partial charge in [0.25, 0.3) is 0 Å². The molecule has 1 aromatic rings. The van der Waals surface area contributed by atoms with Crippen LogP contribution in [0.15, 0.2) is 0 Å². The zero-order chi connectivity index (χ0) is 14.4. The fourth-order valence-electron chi connectivity index (χ4n) is 2.66. The maximum Gasteiger partial charge on any atom is 0.185 e. The molecule has 2 heterocycles. The number of likely N-dealkylation sites (tertiary alicyclic amines) is 1. The van der Waals surface area contributed by atoms with Crippen molar-refractivity contribution in [1.82, 2.24) is 15.2 Å². The molecule has 114 valence electrons. The zero-order valence-corrected chi connectivity index (χ0v) is 13.9. The Labute approximate surface area is 127 Å². The van der Waals surface area contributed by atoms with Gasteiger partial charge < -0.3 is 15.1 Å². The van der Waals surface area contributed by atoms with Crippen molar-refractivity contribution < 1.29 is 0 Å². The molecule has 0 bridgehead atoms. The standard InChI is InChI=1S/C15H28N4S/c1-4-7-13-14(12-16-2)20-15(17-13)18(3)10-11-19-8-5-6-9-19/h16H,4-12H2,1-3H3. The van der Waals surface area contributed by atoms with Crippen LogP contribution in [0.3, 0.4) is 0 Å². The number of likely N-dealkylation sites (N-methyl/N-ethyl adjacent to an activating group) is 1. The molecule has 0 radical (unpaired) electrons. The third-order valence-electron chi connectivity index (χ3n) is 3.87. The molecule has 20 heavy (non-hydrogen) atoms. The van der Waals surface area contributed by atoms with Gasteiger partial charge >= 0.3 is 0 Å². The molecule has 0 aromatic carbocycles. The Kier molecular flexibility index (Phi) is 6.26. The van der Waals surface area contributed by atoms with E-state index in [1.807, 2.05) is 18.4 Å². The van der Waals surface area contributed by atoms with Crippen molar-refractivity contribution in [2.24, 2.45) is 0 Å². The fourth-order valence-corrected chi connectivity index (χ4v) is 3.76. The summed E-state index contributed by atoms with van der Waals surface area (Å²) in [6.45, 7) is 7.96. The van der Waals surface area contributed by atoms with E-state index in [1.54, 1.807) is 0 Å². The van der Waals surface area contributed by atoms with Crippen LogP contribution in [0.4, 0.5) is 5.13 Å². The Morgan fingerprint density at radius 2 is 2.10 bits per heavy atom. The molecule has 0 atom stereocenters. The van der Waals surface area contributed by atoms with E-state index in [9.17, 15) is 0 Å². The molecule has 0 spiro atoms. The maximum atomic E-state index is 4.85. The molecule has 1 aromatic heterocycles. The van der Waals surface area contributed by atoms with Gasteiger partial charge in [0.15, 0.2) is 5.13 Å². The maximum absolute atomic E-state index is 4.85. The first kappa shape index (κ1) is 15.7. The Balaban J connectivity index is 1.93. The number of thiazole rings is 1. The summed E-state index contributed by atoms with van der Waals surface area (Å²) in [6.07, 6.45) is 4.99. The van der Waals surface area contributed by atoms with Gasteiger partial charge in [0, 0.05) is 31.6 Å². The first-order chi connectivity index (χ1) is 9.74. The molecule has 1 N–H and O–H groups in total. The van der Waals surface area contributed by atoms with Crippen LogP contribution in [0, 0.1) is 0 Å². The Morgan fingerprint density at radius 3 is 2.75 bits per heavy atom. The Hall–Kier alpha value is -0.650. The Morgan fingerprint density at radius 1 is 1.35 bits per heavy atom. The summed E-state index contributed by atoms with van der Waals surface area (Å²) < 4.78 is 0. The van der Waals surface area contributed by atoms with Gasteiger partial charge in [-0.1, -0.05) is 13.3 Å². The molecule has 1 aliphatic heterocycles. The third-order valence-corrected chi connectivity index (χ3v) is 5.08. The van der Waals surface area contributed by atoms with Crippen molar-refractivity contribution in [2.75, 3.05) is 45.2 Å². The van der Waals surface area contributed by atoms with E-state index in [-0.39, 0.29) is 0 Å². The number of aromatic nitrogens is 1. The molecule has 0 amide bonds. The number of hydrogen-bond acceptors (Lipinski definition) is 5. The molecule has 1 saturated heterocycles. The summed E-state index contributed by atoms with van der Waals surface area (Å²) in [7, 11) is 4.18. The molecular weight excluding hydrogens is 268 g/mol. The van der Waals surface area contributed by atoms with E-state index in [1.165, 1.54) is 48.2 Å². The van der Waals surface area contributed by atoms with E-state index in [0.717, 1.165) is 25.9 Å². The van der Waals surface area contributed by atoms with Crippen LogP contribution in [0.25, 0.3) is 0 Å². The number of nitrogens with one attached hydrogen (secondary N) is 1. The lowest BCUT2D eigenvalue weighted by Crippen LogP contribution is -2.31. The van der Waals surface area contributed by atoms with Crippen LogP contribution in [0.5, 0.6) is 0 Å². The van der Waals surface area contributed by atoms with E-state index < -0.39 is 0 Å². The van der Waals surface area contributed by atoms with Crippen molar-refractivity contribution in [3.8, 4) is 0 Å². The lowest BCUT2D eigenvalue weighted by molar-refractivity contribution is 0.346. The van der Waals surface area contributed by atoms with Crippen LogP contribution >= 0.6 is 11.3 Å². The molecule has 1 aliphatic rings. The van der Waals surface area contributed by atoms with Crippen LogP contribution in [-0.2, 0) is 13.0 Å². The summed E-state index contributed by atoms with van der Waals surface area (Å²) in [5.74, 6) is 0. The fraction of sp³-hybridized carbons (Fsp3) is 0.800. The quantitative estimate of drug-likeness (QED) is 0.798. The molecular formula is C15H28N4S. The summed E-state index contributed by atoms with van der Waals surface area (Å²) >= 11 is 1.85.